The molecule has 0 radical (unpaired) electrons. The van der Waals surface area contributed by atoms with Crippen LogP contribution < -0.4 is 0 Å². The first-order valence-electron chi connectivity index (χ1n) is 9.49. The summed E-state index contributed by atoms with van der Waals surface area (Å²) >= 11 is 0. The van der Waals surface area contributed by atoms with Crippen molar-refractivity contribution < 1.29 is 10.2 Å². The highest BCUT2D eigenvalue weighted by atomic mass is 16.3. The third-order valence-corrected chi connectivity index (χ3v) is 7.74. The minimum Gasteiger partial charge on any atom is -0.396 e. The van der Waals surface area contributed by atoms with E-state index in [2.05, 4.69) is 23.7 Å². The van der Waals surface area contributed by atoms with Crippen molar-refractivity contribution in [3.8, 4) is 0 Å². The van der Waals surface area contributed by atoms with Crippen LogP contribution in [-0.4, -0.2) is 33.6 Å². The Morgan fingerprint density at radius 2 is 2.12 bits per heavy atom. The highest BCUT2D eigenvalue weighted by Gasteiger charge is 2.52. The summed E-state index contributed by atoms with van der Waals surface area (Å²) in [5.74, 6) is 2.25. The molecule has 1 heterocycles. The maximum atomic E-state index is 10.2. The number of hydrogen-bond donors (Lipinski definition) is 3. The Morgan fingerprint density at radius 1 is 1.29 bits per heavy atom. The minimum atomic E-state index is 0.0356. The minimum absolute atomic E-state index is 0.0356. The van der Waals surface area contributed by atoms with Crippen LogP contribution in [0.15, 0.2) is 18.3 Å². The Morgan fingerprint density at radius 3 is 2.88 bits per heavy atom. The number of aliphatic hydroxyl groups is 2. The van der Waals surface area contributed by atoms with Gasteiger partial charge in [-0.2, -0.15) is 5.10 Å². The fraction of sp³-hybridized carbons (Fsp3) is 0.750. The van der Waals surface area contributed by atoms with E-state index in [0.29, 0.717) is 23.7 Å². The predicted molar refractivity (Wildman–Crippen MR) is 93.3 cm³/mol. The summed E-state index contributed by atoms with van der Waals surface area (Å²) in [6.07, 6.45) is 8.45. The van der Waals surface area contributed by atoms with Gasteiger partial charge in [-0.1, -0.05) is 19.1 Å². The second kappa shape index (κ2) is 5.99. The number of aliphatic hydroxyl groups excluding tert-OH is 2. The van der Waals surface area contributed by atoms with E-state index in [1.807, 2.05) is 6.20 Å². The first-order valence-corrected chi connectivity index (χ1v) is 9.49. The lowest BCUT2D eigenvalue weighted by Crippen LogP contribution is -2.50. The average molecular weight is 330 g/mol. The molecular weight excluding hydrogens is 300 g/mol. The topological polar surface area (TPSA) is 69.1 Å². The zero-order valence-electron chi connectivity index (χ0n) is 14.7. The van der Waals surface area contributed by atoms with Crippen molar-refractivity contribution in [2.24, 2.45) is 35.0 Å². The van der Waals surface area contributed by atoms with E-state index in [9.17, 15) is 10.2 Å². The van der Waals surface area contributed by atoms with Crippen molar-refractivity contribution >= 4 is 0 Å². The lowest BCUT2D eigenvalue weighted by molar-refractivity contribution is -0.0550. The van der Waals surface area contributed by atoms with Crippen molar-refractivity contribution in [2.75, 3.05) is 13.2 Å². The Bertz CT molecular complexity index is 625. The van der Waals surface area contributed by atoms with Gasteiger partial charge in [0.2, 0.25) is 0 Å². The van der Waals surface area contributed by atoms with Crippen LogP contribution in [0.25, 0.3) is 0 Å². The molecule has 4 nitrogen and oxygen atoms in total. The highest BCUT2D eigenvalue weighted by molar-refractivity contribution is 5.25. The van der Waals surface area contributed by atoms with Crippen molar-refractivity contribution in [1.82, 2.24) is 10.2 Å². The van der Waals surface area contributed by atoms with Gasteiger partial charge in [0, 0.05) is 18.9 Å². The normalized spacial score (nSPS) is 42.0. The molecule has 3 aliphatic carbocycles. The Kier molecular flexibility index (Phi) is 4.08. The number of nitrogens with one attached hydrogen (secondary N) is 1. The fourth-order valence-electron chi connectivity index (χ4n) is 6.33. The van der Waals surface area contributed by atoms with Gasteiger partial charge in [0.15, 0.2) is 0 Å². The summed E-state index contributed by atoms with van der Waals surface area (Å²) in [7, 11) is 0. The molecule has 2 fully saturated rings. The Labute approximate surface area is 144 Å². The zero-order chi connectivity index (χ0) is 16.9. The lowest BCUT2D eigenvalue weighted by Gasteiger charge is -2.53. The van der Waals surface area contributed by atoms with Crippen LogP contribution in [0.1, 0.15) is 43.9 Å². The highest BCUT2D eigenvalue weighted by Crippen LogP contribution is 2.57. The number of aromatic nitrogens is 2. The average Bonchev–Trinajstić information content (AvgIpc) is 3.19. The first kappa shape index (κ1) is 16.3. The molecule has 1 aromatic heterocycles. The quantitative estimate of drug-likeness (QED) is 0.747. The molecule has 0 unspecified atom stereocenters. The molecule has 3 N–H and O–H groups in total. The van der Waals surface area contributed by atoms with Crippen LogP contribution in [0.2, 0.25) is 0 Å². The van der Waals surface area contributed by atoms with E-state index in [-0.39, 0.29) is 24.5 Å². The summed E-state index contributed by atoms with van der Waals surface area (Å²) in [6, 6.07) is 0. The molecule has 6 atom stereocenters. The monoisotopic (exact) mass is 330 g/mol. The number of H-pyrrole nitrogens is 1. The van der Waals surface area contributed by atoms with Crippen LogP contribution in [0.5, 0.6) is 0 Å². The third-order valence-electron chi connectivity index (χ3n) is 7.74. The van der Waals surface area contributed by atoms with Gasteiger partial charge in [-0.3, -0.25) is 5.10 Å². The Balaban J connectivity index is 1.67. The number of nitrogens with zero attached hydrogens (tertiary/aromatic N) is 1. The summed E-state index contributed by atoms with van der Waals surface area (Å²) in [5, 5.41) is 27.7. The maximum absolute atomic E-state index is 10.2. The van der Waals surface area contributed by atoms with Gasteiger partial charge in [0.05, 0.1) is 6.20 Å². The van der Waals surface area contributed by atoms with Gasteiger partial charge >= 0.3 is 0 Å². The summed E-state index contributed by atoms with van der Waals surface area (Å²) in [5.41, 5.74) is 3.93. The van der Waals surface area contributed by atoms with Gasteiger partial charge in [0.25, 0.3) is 0 Å². The predicted octanol–water partition coefficient (Wildman–Crippen LogP) is 2.72. The Hall–Kier alpha value is -1.13. The van der Waals surface area contributed by atoms with Gasteiger partial charge in [0.1, 0.15) is 0 Å². The van der Waals surface area contributed by atoms with Crippen molar-refractivity contribution in [3.05, 3.63) is 29.6 Å². The van der Waals surface area contributed by atoms with Crippen LogP contribution in [0.4, 0.5) is 0 Å². The van der Waals surface area contributed by atoms with E-state index in [0.717, 1.165) is 25.7 Å². The van der Waals surface area contributed by atoms with E-state index in [4.69, 9.17) is 0 Å². The van der Waals surface area contributed by atoms with Gasteiger partial charge < -0.3 is 10.2 Å². The fourth-order valence-corrected chi connectivity index (χ4v) is 6.33. The molecule has 1 aromatic rings. The van der Waals surface area contributed by atoms with Crippen LogP contribution in [0, 0.1) is 35.0 Å². The smallest absolute Gasteiger partial charge is 0.0522 e. The van der Waals surface area contributed by atoms with E-state index in [1.54, 1.807) is 0 Å². The van der Waals surface area contributed by atoms with Crippen molar-refractivity contribution in [2.45, 2.75) is 45.4 Å². The van der Waals surface area contributed by atoms with E-state index < -0.39 is 0 Å². The number of fused-ring (bicyclic) bond motifs is 2. The molecular formula is C20H30N2O2. The second-order valence-electron chi connectivity index (χ2n) is 8.64. The summed E-state index contributed by atoms with van der Waals surface area (Å²) < 4.78 is 0. The van der Waals surface area contributed by atoms with E-state index in [1.165, 1.54) is 29.7 Å². The molecule has 0 spiro atoms. The van der Waals surface area contributed by atoms with Crippen LogP contribution in [0.3, 0.4) is 0 Å². The standard InChI is InChI=1S/C20H30N2O2/c1-12-3-4-16-15(12)5-6-18(17(16)11-24)20(2)8-13-9-21-22-19(13)7-14(20)10-23/h9,14-18,23-24H,1,3-8,10-11H2,2H3,(H,21,22)/t14-,15-,16-,17+,18+,20+/m1/s1. The molecule has 0 aromatic carbocycles. The zero-order valence-corrected chi connectivity index (χ0v) is 14.7. The molecule has 4 rings (SSSR count). The first-order chi connectivity index (χ1) is 11.6. The molecule has 2 saturated carbocycles. The van der Waals surface area contributed by atoms with Crippen molar-refractivity contribution in [1.29, 1.82) is 0 Å². The van der Waals surface area contributed by atoms with Crippen LogP contribution >= 0.6 is 0 Å². The molecule has 0 saturated heterocycles. The lowest BCUT2D eigenvalue weighted by atomic mass is 9.52. The molecule has 24 heavy (non-hydrogen) atoms. The number of rotatable bonds is 3. The SMILES string of the molecule is C=C1CC[C@H]2[C@H](CO)[C@@H]([C@@]3(C)Cc4cn[nH]c4C[C@@H]3CO)CC[C@H]12. The molecule has 3 aliphatic rings. The largest absolute Gasteiger partial charge is 0.396 e. The maximum Gasteiger partial charge on any atom is 0.0522 e. The third kappa shape index (κ3) is 2.30. The van der Waals surface area contributed by atoms with E-state index >= 15 is 0 Å². The molecule has 0 bridgehead atoms. The summed E-state index contributed by atoms with van der Waals surface area (Å²) in [6.45, 7) is 7.11. The second-order valence-corrected chi connectivity index (χ2v) is 8.64. The van der Waals surface area contributed by atoms with Crippen molar-refractivity contribution in [3.63, 3.8) is 0 Å². The summed E-state index contributed by atoms with van der Waals surface area (Å²) in [4.78, 5) is 0. The van der Waals surface area contributed by atoms with Gasteiger partial charge in [-0.25, -0.2) is 0 Å². The molecule has 0 aliphatic heterocycles. The number of aromatic amines is 1. The number of hydrogen-bond acceptors (Lipinski definition) is 3. The van der Waals surface area contributed by atoms with Gasteiger partial charge in [-0.15, -0.1) is 0 Å². The molecule has 0 amide bonds. The molecule has 132 valence electrons. The van der Waals surface area contributed by atoms with Gasteiger partial charge in [-0.05, 0) is 79.1 Å². The van der Waals surface area contributed by atoms with Crippen LogP contribution in [-0.2, 0) is 12.8 Å². The number of allylic oxidation sites excluding steroid dienone is 1. The molecule has 4 heteroatoms.